The predicted molar refractivity (Wildman–Crippen MR) is 76.9 cm³/mol. The number of hydrogen-bond donors (Lipinski definition) is 1. The predicted octanol–water partition coefficient (Wildman–Crippen LogP) is 3.06. The van der Waals surface area contributed by atoms with Crippen LogP contribution in [0.2, 0.25) is 0 Å². The number of hydrogen-bond acceptors (Lipinski definition) is 4. The molecule has 0 unspecified atom stereocenters. The minimum absolute atomic E-state index is 1.01. The summed E-state index contributed by atoms with van der Waals surface area (Å²) in [5.74, 6) is 0. The van der Waals surface area contributed by atoms with Gasteiger partial charge in [0.15, 0.2) is 0 Å². The van der Waals surface area contributed by atoms with E-state index in [-0.39, 0.29) is 0 Å². The number of aryl methyl sites for hydroxylation is 2. The van der Waals surface area contributed by atoms with Crippen LogP contribution in [0, 0.1) is 6.92 Å². The second-order valence-electron chi connectivity index (χ2n) is 4.32. The zero-order chi connectivity index (χ0) is 12.8. The topological polar surface area (TPSA) is 37.8 Å². The van der Waals surface area contributed by atoms with Crippen molar-refractivity contribution in [2.45, 2.75) is 26.7 Å². The summed E-state index contributed by atoms with van der Waals surface area (Å²) in [6.45, 7) is 6.30. The van der Waals surface area contributed by atoms with Gasteiger partial charge in [0.2, 0.25) is 0 Å². The van der Waals surface area contributed by atoms with Crippen LogP contribution < -0.4 is 5.32 Å². The van der Waals surface area contributed by atoms with Gasteiger partial charge in [0.05, 0.1) is 0 Å². The fourth-order valence-corrected chi connectivity index (χ4v) is 2.60. The fourth-order valence-electron chi connectivity index (χ4n) is 1.71. The van der Waals surface area contributed by atoms with Gasteiger partial charge in [-0.05, 0) is 26.4 Å². The van der Waals surface area contributed by atoms with E-state index >= 15 is 0 Å². The van der Waals surface area contributed by atoms with Crippen molar-refractivity contribution in [2.75, 3.05) is 13.1 Å². The first-order valence-corrected chi connectivity index (χ1v) is 7.21. The smallest absolute Gasteiger partial charge is 0.147 e. The second kappa shape index (κ2) is 6.61. The highest BCUT2D eigenvalue weighted by Gasteiger charge is 2.05. The molecule has 2 rings (SSSR count). The Balaban J connectivity index is 1.95. The van der Waals surface area contributed by atoms with E-state index in [4.69, 9.17) is 0 Å². The lowest BCUT2D eigenvalue weighted by Gasteiger charge is -1.98. The van der Waals surface area contributed by atoms with Crippen LogP contribution >= 0.6 is 11.3 Å². The highest BCUT2D eigenvalue weighted by Crippen LogP contribution is 2.24. The van der Waals surface area contributed by atoms with Gasteiger partial charge in [-0.25, -0.2) is 0 Å². The molecule has 3 nitrogen and oxygen atoms in total. The number of aromatic nitrogens is 2. The van der Waals surface area contributed by atoms with Crippen molar-refractivity contribution in [3.63, 3.8) is 0 Å². The van der Waals surface area contributed by atoms with Crippen molar-refractivity contribution < 1.29 is 0 Å². The summed E-state index contributed by atoms with van der Waals surface area (Å²) in [4.78, 5) is 0. The van der Waals surface area contributed by atoms with Gasteiger partial charge < -0.3 is 5.32 Å². The first-order valence-electron chi connectivity index (χ1n) is 6.39. The summed E-state index contributed by atoms with van der Waals surface area (Å²) in [5.41, 5.74) is 2.44. The van der Waals surface area contributed by atoms with Gasteiger partial charge in [0.25, 0.3) is 0 Å². The number of nitrogens with zero attached hydrogens (tertiary/aromatic N) is 2. The maximum Gasteiger partial charge on any atom is 0.147 e. The van der Waals surface area contributed by atoms with E-state index in [1.54, 1.807) is 11.3 Å². The van der Waals surface area contributed by atoms with Crippen LogP contribution in [0.25, 0.3) is 10.6 Å². The van der Waals surface area contributed by atoms with Gasteiger partial charge in [-0.1, -0.05) is 48.1 Å². The Morgan fingerprint density at radius 2 is 1.94 bits per heavy atom. The summed E-state index contributed by atoms with van der Waals surface area (Å²) in [5, 5.41) is 14.0. The van der Waals surface area contributed by atoms with Crippen LogP contribution in [0.15, 0.2) is 24.3 Å². The minimum atomic E-state index is 1.01. The molecule has 18 heavy (non-hydrogen) atoms. The van der Waals surface area contributed by atoms with E-state index < -0.39 is 0 Å². The van der Waals surface area contributed by atoms with Crippen molar-refractivity contribution in [2.24, 2.45) is 0 Å². The van der Waals surface area contributed by atoms with Crippen molar-refractivity contribution in [1.82, 2.24) is 15.5 Å². The highest BCUT2D eigenvalue weighted by atomic mass is 32.1. The SMILES string of the molecule is CCNCCCc1nnc(-c2ccc(C)cc2)s1. The normalized spacial score (nSPS) is 10.8. The third-order valence-corrected chi connectivity index (χ3v) is 3.79. The van der Waals surface area contributed by atoms with Gasteiger partial charge in [0, 0.05) is 12.0 Å². The molecule has 0 saturated carbocycles. The maximum absolute atomic E-state index is 4.26. The molecule has 4 heteroatoms. The Morgan fingerprint density at radius 3 is 2.67 bits per heavy atom. The zero-order valence-electron chi connectivity index (χ0n) is 10.9. The third kappa shape index (κ3) is 3.62. The molecule has 2 aromatic rings. The van der Waals surface area contributed by atoms with Crippen molar-refractivity contribution in [1.29, 1.82) is 0 Å². The first kappa shape index (κ1) is 13.2. The Hall–Kier alpha value is -1.26. The monoisotopic (exact) mass is 261 g/mol. The number of benzene rings is 1. The number of nitrogens with one attached hydrogen (secondary N) is 1. The lowest BCUT2D eigenvalue weighted by molar-refractivity contribution is 0.669. The molecule has 0 radical (unpaired) electrons. The van der Waals surface area contributed by atoms with Crippen LogP contribution in [-0.2, 0) is 6.42 Å². The van der Waals surface area contributed by atoms with Crippen molar-refractivity contribution >= 4 is 11.3 Å². The molecule has 0 bridgehead atoms. The van der Waals surface area contributed by atoms with Gasteiger partial charge in [-0.15, -0.1) is 10.2 Å². The maximum atomic E-state index is 4.26. The molecule has 0 saturated heterocycles. The molecule has 0 aliphatic carbocycles. The van der Waals surface area contributed by atoms with Crippen molar-refractivity contribution in [3.8, 4) is 10.6 Å². The standard InChI is InChI=1S/C14H19N3S/c1-3-15-10-4-5-13-16-17-14(18-13)12-8-6-11(2)7-9-12/h6-9,15H,3-5,10H2,1-2H3. The van der Waals surface area contributed by atoms with Gasteiger partial charge in [0.1, 0.15) is 10.0 Å². The fraction of sp³-hybridized carbons (Fsp3) is 0.429. The van der Waals surface area contributed by atoms with E-state index in [1.165, 1.54) is 5.56 Å². The summed E-state index contributed by atoms with van der Waals surface area (Å²) in [6.07, 6.45) is 2.13. The second-order valence-corrected chi connectivity index (χ2v) is 5.39. The largest absolute Gasteiger partial charge is 0.317 e. The lowest BCUT2D eigenvalue weighted by atomic mass is 10.2. The van der Waals surface area contributed by atoms with E-state index in [9.17, 15) is 0 Å². The van der Waals surface area contributed by atoms with Crippen LogP contribution in [-0.4, -0.2) is 23.3 Å². The molecular formula is C14H19N3S. The molecule has 1 aromatic carbocycles. The van der Waals surface area contributed by atoms with Gasteiger partial charge in [-0.2, -0.15) is 0 Å². The Kier molecular flexibility index (Phi) is 4.84. The van der Waals surface area contributed by atoms with Crippen LogP contribution in [0.1, 0.15) is 23.9 Å². The molecule has 0 fully saturated rings. The van der Waals surface area contributed by atoms with Crippen LogP contribution in [0.4, 0.5) is 0 Å². The molecule has 0 aliphatic rings. The molecule has 0 spiro atoms. The molecule has 1 heterocycles. The highest BCUT2D eigenvalue weighted by molar-refractivity contribution is 7.14. The van der Waals surface area contributed by atoms with E-state index in [0.29, 0.717) is 0 Å². The molecule has 96 valence electrons. The molecule has 0 aliphatic heterocycles. The zero-order valence-corrected chi connectivity index (χ0v) is 11.8. The van der Waals surface area contributed by atoms with E-state index in [0.717, 1.165) is 41.5 Å². The van der Waals surface area contributed by atoms with Crippen LogP contribution in [0.3, 0.4) is 0 Å². The average Bonchev–Trinajstić information content (AvgIpc) is 2.84. The molecule has 0 amide bonds. The van der Waals surface area contributed by atoms with Crippen molar-refractivity contribution in [3.05, 3.63) is 34.8 Å². The van der Waals surface area contributed by atoms with Gasteiger partial charge in [-0.3, -0.25) is 0 Å². The van der Waals surface area contributed by atoms with Crippen LogP contribution in [0.5, 0.6) is 0 Å². The van der Waals surface area contributed by atoms with E-state index in [1.807, 2.05) is 0 Å². The quantitative estimate of drug-likeness (QED) is 0.812. The Bertz CT molecular complexity index is 476. The third-order valence-electron chi connectivity index (χ3n) is 2.76. The summed E-state index contributed by atoms with van der Waals surface area (Å²) < 4.78 is 0. The Labute approximate surface area is 112 Å². The molecule has 0 atom stereocenters. The summed E-state index contributed by atoms with van der Waals surface area (Å²) in [6, 6.07) is 8.44. The Morgan fingerprint density at radius 1 is 1.17 bits per heavy atom. The summed E-state index contributed by atoms with van der Waals surface area (Å²) >= 11 is 1.70. The average molecular weight is 261 g/mol. The lowest BCUT2D eigenvalue weighted by Crippen LogP contribution is -2.14. The molecule has 1 aromatic heterocycles. The van der Waals surface area contributed by atoms with E-state index in [2.05, 4.69) is 53.6 Å². The molecular weight excluding hydrogens is 242 g/mol. The number of rotatable bonds is 6. The first-order chi connectivity index (χ1) is 8.79. The van der Waals surface area contributed by atoms with Gasteiger partial charge >= 0.3 is 0 Å². The molecule has 1 N–H and O–H groups in total. The summed E-state index contributed by atoms with van der Waals surface area (Å²) in [7, 11) is 0. The minimum Gasteiger partial charge on any atom is -0.317 e.